The predicted molar refractivity (Wildman–Crippen MR) is 92.8 cm³/mol. The molecule has 23 heavy (non-hydrogen) atoms. The van der Waals surface area contributed by atoms with Crippen LogP contribution in [0, 0.1) is 6.92 Å². The van der Waals surface area contributed by atoms with Crippen LogP contribution in [0.3, 0.4) is 0 Å². The van der Waals surface area contributed by atoms with Gasteiger partial charge in [0.15, 0.2) is 0 Å². The van der Waals surface area contributed by atoms with Crippen LogP contribution in [0.25, 0.3) is 6.08 Å². The molecule has 0 aliphatic heterocycles. The molecule has 0 aliphatic rings. The van der Waals surface area contributed by atoms with E-state index in [2.05, 4.69) is 5.32 Å². The smallest absolute Gasteiger partial charge is 0.248 e. The number of carbonyl (C=O) groups is 1. The highest BCUT2D eigenvalue weighted by atomic mass is 16.5. The highest BCUT2D eigenvalue weighted by Crippen LogP contribution is 2.25. The molecule has 0 atom stereocenters. The molecule has 0 saturated heterocycles. The normalized spacial score (nSPS) is 10.6. The number of methoxy groups -OCH3 is 2. The van der Waals surface area contributed by atoms with Crippen LogP contribution < -0.4 is 20.5 Å². The Morgan fingerprint density at radius 3 is 2.65 bits per heavy atom. The zero-order valence-electron chi connectivity index (χ0n) is 13.4. The molecule has 2 aromatic rings. The first kappa shape index (κ1) is 16.4. The molecule has 0 aliphatic carbocycles. The summed E-state index contributed by atoms with van der Waals surface area (Å²) in [5.41, 5.74) is 8.76. The van der Waals surface area contributed by atoms with Gasteiger partial charge in [-0.3, -0.25) is 4.79 Å². The fraction of sp³-hybridized carbons (Fsp3) is 0.167. The molecular weight excluding hydrogens is 292 g/mol. The van der Waals surface area contributed by atoms with Gasteiger partial charge in [0.2, 0.25) is 5.91 Å². The van der Waals surface area contributed by atoms with Gasteiger partial charge in [0.1, 0.15) is 11.5 Å². The number of benzene rings is 2. The predicted octanol–water partition coefficient (Wildman–Crippen LogP) is 3.25. The van der Waals surface area contributed by atoms with Crippen LogP contribution in [0.5, 0.6) is 11.5 Å². The minimum atomic E-state index is -0.247. The summed E-state index contributed by atoms with van der Waals surface area (Å²) in [5, 5.41) is 2.81. The summed E-state index contributed by atoms with van der Waals surface area (Å²) in [7, 11) is 3.17. The third kappa shape index (κ3) is 4.03. The van der Waals surface area contributed by atoms with Crippen LogP contribution >= 0.6 is 0 Å². The molecule has 1 amide bonds. The molecule has 0 heterocycles. The van der Waals surface area contributed by atoms with E-state index in [0.717, 1.165) is 11.1 Å². The van der Waals surface area contributed by atoms with Crippen LogP contribution in [0.4, 0.5) is 11.4 Å². The molecule has 0 fully saturated rings. The maximum atomic E-state index is 12.1. The van der Waals surface area contributed by atoms with Gasteiger partial charge >= 0.3 is 0 Å². The van der Waals surface area contributed by atoms with E-state index in [1.807, 2.05) is 13.0 Å². The number of hydrogen-bond donors (Lipinski definition) is 2. The third-order valence-corrected chi connectivity index (χ3v) is 3.48. The van der Waals surface area contributed by atoms with Crippen molar-refractivity contribution in [3.05, 3.63) is 53.6 Å². The van der Waals surface area contributed by atoms with Crippen molar-refractivity contribution >= 4 is 23.4 Å². The fourth-order valence-corrected chi connectivity index (χ4v) is 2.10. The average molecular weight is 312 g/mol. The standard InChI is InChI=1S/C18H20N2O3/c1-12-15(19)5-4-6-16(12)20-18(21)10-7-13-11-14(22-2)8-9-17(13)23-3/h4-11H,19H2,1-3H3,(H,20,21)/b10-7+. The second kappa shape index (κ2) is 7.35. The average Bonchev–Trinajstić information content (AvgIpc) is 2.56. The summed E-state index contributed by atoms with van der Waals surface area (Å²) in [6, 6.07) is 10.8. The lowest BCUT2D eigenvalue weighted by molar-refractivity contribution is -0.111. The van der Waals surface area contributed by atoms with E-state index < -0.39 is 0 Å². The summed E-state index contributed by atoms with van der Waals surface area (Å²) in [6.07, 6.45) is 3.12. The Bertz CT molecular complexity index is 739. The second-order valence-electron chi connectivity index (χ2n) is 4.95. The van der Waals surface area contributed by atoms with E-state index in [9.17, 15) is 4.79 Å². The molecule has 2 rings (SSSR count). The van der Waals surface area contributed by atoms with E-state index in [4.69, 9.17) is 15.2 Å². The van der Waals surface area contributed by atoms with Gasteiger partial charge in [-0.25, -0.2) is 0 Å². The maximum absolute atomic E-state index is 12.1. The topological polar surface area (TPSA) is 73.6 Å². The third-order valence-electron chi connectivity index (χ3n) is 3.48. The van der Waals surface area contributed by atoms with Gasteiger partial charge in [0, 0.05) is 23.0 Å². The Morgan fingerprint density at radius 1 is 1.17 bits per heavy atom. The molecule has 0 aromatic heterocycles. The molecule has 0 bridgehead atoms. The Labute approximate surface area is 135 Å². The Balaban J connectivity index is 2.16. The van der Waals surface area contributed by atoms with Crippen molar-refractivity contribution in [2.45, 2.75) is 6.92 Å². The van der Waals surface area contributed by atoms with E-state index >= 15 is 0 Å². The molecule has 2 aromatic carbocycles. The molecule has 120 valence electrons. The molecule has 3 N–H and O–H groups in total. The van der Waals surface area contributed by atoms with Gasteiger partial charge in [-0.15, -0.1) is 0 Å². The van der Waals surface area contributed by atoms with Crippen LogP contribution in [-0.4, -0.2) is 20.1 Å². The zero-order chi connectivity index (χ0) is 16.8. The minimum absolute atomic E-state index is 0.247. The Hall–Kier alpha value is -2.95. The number of rotatable bonds is 5. The van der Waals surface area contributed by atoms with Gasteiger partial charge in [0.05, 0.1) is 14.2 Å². The molecule has 0 radical (unpaired) electrons. The number of carbonyl (C=O) groups excluding carboxylic acids is 1. The lowest BCUT2D eigenvalue weighted by atomic mass is 10.1. The minimum Gasteiger partial charge on any atom is -0.497 e. The Kier molecular flexibility index (Phi) is 5.25. The SMILES string of the molecule is COc1ccc(OC)c(/C=C/C(=O)Nc2cccc(N)c2C)c1. The van der Waals surface area contributed by atoms with Gasteiger partial charge in [0.25, 0.3) is 0 Å². The van der Waals surface area contributed by atoms with Crippen molar-refractivity contribution < 1.29 is 14.3 Å². The molecule has 0 spiro atoms. The molecule has 5 nitrogen and oxygen atoms in total. The van der Waals surface area contributed by atoms with Crippen molar-refractivity contribution in [2.24, 2.45) is 0 Å². The number of anilines is 2. The van der Waals surface area contributed by atoms with Crippen molar-refractivity contribution in [1.82, 2.24) is 0 Å². The first-order valence-corrected chi connectivity index (χ1v) is 7.11. The molecule has 0 saturated carbocycles. The van der Waals surface area contributed by atoms with E-state index in [1.165, 1.54) is 6.08 Å². The maximum Gasteiger partial charge on any atom is 0.248 e. The summed E-state index contributed by atoms with van der Waals surface area (Å²) in [6.45, 7) is 1.86. The van der Waals surface area contributed by atoms with Gasteiger partial charge in [-0.2, -0.15) is 0 Å². The number of hydrogen-bond acceptors (Lipinski definition) is 4. The fourth-order valence-electron chi connectivity index (χ4n) is 2.10. The first-order chi connectivity index (χ1) is 11.0. The van der Waals surface area contributed by atoms with Crippen molar-refractivity contribution in [2.75, 3.05) is 25.3 Å². The number of nitrogen functional groups attached to an aromatic ring is 1. The van der Waals surface area contributed by atoms with Gasteiger partial charge in [-0.05, 0) is 48.9 Å². The molecule has 5 heteroatoms. The number of nitrogens with one attached hydrogen (secondary N) is 1. The van der Waals surface area contributed by atoms with Crippen molar-refractivity contribution in [3.63, 3.8) is 0 Å². The quantitative estimate of drug-likeness (QED) is 0.656. The lowest BCUT2D eigenvalue weighted by Gasteiger charge is -2.09. The van der Waals surface area contributed by atoms with E-state index in [0.29, 0.717) is 22.9 Å². The largest absolute Gasteiger partial charge is 0.497 e. The van der Waals surface area contributed by atoms with Crippen LogP contribution in [0.1, 0.15) is 11.1 Å². The molecular formula is C18H20N2O3. The molecule has 0 unspecified atom stereocenters. The van der Waals surface area contributed by atoms with Gasteiger partial charge < -0.3 is 20.5 Å². The highest BCUT2D eigenvalue weighted by molar-refractivity contribution is 6.02. The van der Waals surface area contributed by atoms with E-state index in [1.54, 1.807) is 50.6 Å². The second-order valence-corrected chi connectivity index (χ2v) is 4.95. The van der Waals surface area contributed by atoms with Crippen LogP contribution in [0.2, 0.25) is 0 Å². The number of amides is 1. The van der Waals surface area contributed by atoms with E-state index in [-0.39, 0.29) is 5.91 Å². The Morgan fingerprint density at radius 2 is 1.96 bits per heavy atom. The number of nitrogens with two attached hydrogens (primary N) is 1. The monoisotopic (exact) mass is 312 g/mol. The lowest BCUT2D eigenvalue weighted by Crippen LogP contribution is -2.09. The summed E-state index contributed by atoms with van der Waals surface area (Å²) < 4.78 is 10.5. The summed E-state index contributed by atoms with van der Waals surface area (Å²) in [4.78, 5) is 12.1. The summed E-state index contributed by atoms with van der Waals surface area (Å²) in [5.74, 6) is 1.11. The number of ether oxygens (including phenoxy) is 2. The first-order valence-electron chi connectivity index (χ1n) is 7.11. The van der Waals surface area contributed by atoms with Crippen LogP contribution in [-0.2, 0) is 4.79 Å². The van der Waals surface area contributed by atoms with Gasteiger partial charge in [-0.1, -0.05) is 6.07 Å². The van der Waals surface area contributed by atoms with Crippen molar-refractivity contribution in [3.8, 4) is 11.5 Å². The van der Waals surface area contributed by atoms with Crippen LogP contribution in [0.15, 0.2) is 42.5 Å². The highest BCUT2D eigenvalue weighted by Gasteiger charge is 2.05. The summed E-state index contributed by atoms with van der Waals surface area (Å²) >= 11 is 0. The zero-order valence-corrected chi connectivity index (χ0v) is 13.4. The van der Waals surface area contributed by atoms with Crippen molar-refractivity contribution in [1.29, 1.82) is 0 Å².